The van der Waals surface area contributed by atoms with Gasteiger partial charge in [0.2, 0.25) is 0 Å². The van der Waals surface area contributed by atoms with Gasteiger partial charge in [0.1, 0.15) is 0 Å². The molecule has 0 unspecified atom stereocenters. The van der Waals surface area contributed by atoms with Gasteiger partial charge in [-0.25, -0.2) is 0 Å². The molecule has 0 heterocycles. The van der Waals surface area contributed by atoms with Crippen molar-refractivity contribution < 1.29 is 36.2 Å². The Hall–Kier alpha value is -1.38. The van der Waals surface area contributed by atoms with Crippen LogP contribution in [0, 0.1) is 0 Å². The molecule has 0 aliphatic carbocycles. The minimum Gasteiger partial charge on any atom is -0.431 e. The lowest BCUT2D eigenvalue weighted by Crippen LogP contribution is -2.18. The van der Waals surface area contributed by atoms with Gasteiger partial charge in [0.15, 0.2) is 17.3 Å². The molecule has 0 aromatic heterocycles. The van der Waals surface area contributed by atoms with Crippen LogP contribution in [0.25, 0.3) is 0 Å². The van der Waals surface area contributed by atoms with E-state index in [0.717, 1.165) is 12.1 Å². The Morgan fingerprint density at radius 3 is 2.37 bits per heavy atom. The van der Waals surface area contributed by atoms with E-state index in [0.29, 0.717) is 6.07 Å². The summed E-state index contributed by atoms with van der Waals surface area (Å²) in [5, 5.41) is -0.131. The van der Waals surface area contributed by atoms with E-state index >= 15 is 0 Å². The third-order valence-corrected chi connectivity index (χ3v) is 2.34. The van der Waals surface area contributed by atoms with Crippen molar-refractivity contribution in [2.24, 2.45) is 0 Å². The van der Waals surface area contributed by atoms with Gasteiger partial charge in [-0.3, -0.25) is 4.79 Å². The number of ether oxygens (including phenoxy) is 2. The third kappa shape index (κ3) is 5.01. The average molecular weight is 349 g/mol. The number of alkyl halides is 6. The van der Waals surface area contributed by atoms with Crippen molar-refractivity contribution in [2.45, 2.75) is 13.0 Å². The van der Waals surface area contributed by atoms with Crippen molar-refractivity contribution in [2.75, 3.05) is 5.33 Å². The van der Waals surface area contributed by atoms with Crippen LogP contribution >= 0.6 is 15.9 Å². The monoisotopic (exact) mass is 348 g/mol. The van der Waals surface area contributed by atoms with E-state index in [1.165, 1.54) is 0 Å². The standard InChI is InChI=1S/C10H6BrF5O3/c11-4-6(17)5-1-2-7(18-9(12)13)8(3-5)19-10(14,15)16/h1-3,9H,4H2. The van der Waals surface area contributed by atoms with Crippen LogP contribution in [0.2, 0.25) is 0 Å². The van der Waals surface area contributed by atoms with E-state index in [1.807, 2.05) is 0 Å². The van der Waals surface area contributed by atoms with Gasteiger partial charge in [-0.15, -0.1) is 13.2 Å². The number of carbonyl (C=O) groups is 1. The summed E-state index contributed by atoms with van der Waals surface area (Å²) in [5.74, 6) is -2.34. The summed E-state index contributed by atoms with van der Waals surface area (Å²) in [4.78, 5) is 11.3. The molecule has 0 radical (unpaired) electrons. The normalized spacial score (nSPS) is 11.5. The summed E-state index contributed by atoms with van der Waals surface area (Å²) in [6.07, 6.45) is -5.09. The lowest BCUT2D eigenvalue weighted by molar-refractivity contribution is -0.275. The topological polar surface area (TPSA) is 35.5 Å². The summed E-state index contributed by atoms with van der Waals surface area (Å²) in [6, 6.07) is 2.56. The molecule has 0 fully saturated rings. The zero-order valence-corrected chi connectivity index (χ0v) is 10.6. The van der Waals surface area contributed by atoms with Gasteiger partial charge in [0.05, 0.1) is 5.33 Å². The van der Waals surface area contributed by atoms with Crippen molar-refractivity contribution >= 4 is 21.7 Å². The number of hydrogen-bond donors (Lipinski definition) is 0. The van der Waals surface area contributed by atoms with Crippen LogP contribution in [-0.2, 0) is 0 Å². The predicted octanol–water partition coefficient (Wildman–Crippen LogP) is 3.76. The first kappa shape index (κ1) is 15.7. The Kier molecular flexibility index (Phi) is 5.10. The van der Waals surface area contributed by atoms with E-state index in [4.69, 9.17) is 0 Å². The van der Waals surface area contributed by atoms with Crippen LogP contribution in [0.3, 0.4) is 0 Å². The molecule has 0 aliphatic rings. The fourth-order valence-electron chi connectivity index (χ4n) is 1.16. The fraction of sp³-hybridized carbons (Fsp3) is 0.300. The van der Waals surface area contributed by atoms with E-state index in [-0.39, 0.29) is 10.9 Å². The molecule has 0 saturated heterocycles. The van der Waals surface area contributed by atoms with E-state index in [9.17, 15) is 26.7 Å². The molecule has 1 aromatic rings. The Morgan fingerprint density at radius 1 is 1.26 bits per heavy atom. The molecule has 0 spiro atoms. The molecule has 106 valence electrons. The van der Waals surface area contributed by atoms with Gasteiger partial charge in [-0.2, -0.15) is 8.78 Å². The van der Waals surface area contributed by atoms with Gasteiger partial charge in [-0.1, -0.05) is 15.9 Å². The number of carbonyl (C=O) groups excluding carboxylic acids is 1. The summed E-state index contributed by atoms with van der Waals surface area (Å²) in [6.45, 7) is -3.31. The minimum atomic E-state index is -5.09. The van der Waals surface area contributed by atoms with E-state index in [1.54, 1.807) is 0 Å². The van der Waals surface area contributed by atoms with Gasteiger partial charge in [0, 0.05) is 5.56 Å². The second kappa shape index (κ2) is 6.18. The Morgan fingerprint density at radius 2 is 1.89 bits per heavy atom. The van der Waals surface area contributed by atoms with Gasteiger partial charge < -0.3 is 9.47 Å². The first-order valence-corrected chi connectivity index (χ1v) is 5.79. The minimum absolute atomic E-state index is 0.127. The second-order valence-corrected chi connectivity index (χ2v) is 3.71. The summed E-state index contributed by atoms with van der Waals surface area (Å²) < 4.78 is 67.8. The highest BCUT2D eigenvalue weighted by molar-refractivity contribution is 9.09. The zero-order chi connectivity index (χ0) is 14.6. The number of ketones is 1. The van der Waals surface area contributed by atoms with Gasteiger partial charge in [-0.05, 0) is 18.2 Å². The largest absolute Gasteiger partial charge is 0.573 e. The molecular weight excluding hydrogens is 343 g/mol. The Labute approximate surface area is 112 Å². The summed E-state index contributed by atoms with van der Waals surface area (Å²) in [5.41, 5.74) is -0.127. The predicted molar refractivity (Wildman–Crippen MR) is 57.9 cm³/mol. The molecule has 0 saturated carbocycles. The molecule has 1 rings (SSSR count). The maximum atomic E-state index is 12.1. The molecule has 0 amide bonds. The van der Waals surface area contributed by atoms with Crippen molar-refractivity contribution in [3.05, 3.63) is 23.8 Å². The number of hydrogen-bond acceptors (Lipinski definition) is 3. The van der Waals surface area contributed by atoms with Crippen LogP contribution in [0.15, 0.2) is 18.2 Å². The lowest BCUT2D eigenvalue weighted by Gasteiger charge is -2.14. The van der Waals surface area contributed by atoms with Crippen molar-refractivity contribution in [3.8, 4) is 11.5 Å². The van der Waals surface area contributed by atoms with Gasteiger partial charge in [0.25, 0.3) is 0 Å². The maximum absolute atomic E-state index is 12.1. The van der Waals surface area contributed by atoms with Crippen LogP contribution in [0.5, 0.6) is 11.5 Å². The van der Waals surface area contributed by atoms with Crippen molar-refractivity contribution in [1.29, 1.82) is 0 Å². The van der Waals surface area contributed by atoms with E-state index in [2.05, 4.69) is 25.4 Å². The average Bonchev–Trinajstić information content (AvgIpc) is 2.28. The molecular formula is C10H6BrF5O3. The number of rotatable bonds is 5. The number of halogens is 6. The van der Waals surface area contributed by atoms with Gasteiger partial charge >= 0.3 is 13.0 Å². The highest BCUT2D eigenvalue weighted by Gasteiger charge is 2.33. The molecule has 0 aliphatic heterocycles. The molecule has 1 aromatic carbocycles. The molecule has 0 atom stereocenters. The molecule has 3 nitrogen and oxygen atoms in total. The van der Waals surface area contributed by atoms with Crippen LogP contribution in [-0.4, -0.2) is 24.1 Å². The number of Topliss-reactive ketones (excluding diaryl/α,β-unsaturated/α-hetero) is 1. The quantitative estimate of drug-likeness (QED) is 0.461. The maximum Gasteiger partial charge on any atom is 0.573 e. The molecule has 9 heteroatoms. The fourth-order valence-corrected chi connectivity index (χ4v) is 1.48. The number of benzene rings is 1. The first-order valence-electron chi connectivity index (χ1n) is 4.66. The molecule has 0 N–H and O–H groups in total. The Bertz CT molecular complexity index is 461. The first-order chi connectivity index (χ1) is 8.73. The summed E-state index contributed by atoms with van der Waals surface area (Å²) in [7, 11) is 0. The Balaban J connectivity index is 3.14. The molecule has 0 bridgehead atoms. The highest BCUT2D eigenvalue weighted by atomic mass is 79.9. The smallest absolute Gasteiger partial charge is 0.431 e. The van der Waals surface area contributed by atoms with Crippen LogP contribution in [0.4, 0.5) is 22.0 Å². The van der Waals surface area contributed by atoms with E-state index < -0.39 is 30.3 Å². The van der Waals surface area contributed by atoms with Crippen LogP contribution in [0.1, 0.15) is 10.4 Å². The summed E-state index contributed by atoms with van der Waals surface area (Å²) >= 11 is 2.83. The van der Waals surface area contributed by atoms with Crippen molar-refractivity contribution in [1.82, 2.24) is 0 Å². The third-order valence-electron chi connectivity index (χ3n) is 1.83. The van der Waals surface area contributed by atoms with Crippen LogP contribution < -0.4 is 9.47 Å². The SMILES string of the molecule is O=C(CBr)c1ccc(OC(F)F)c(OC(F)(F)F)c1. The zero-order valence-electron chi connectivity index (χ0n) is 9.01. The molecule has 19 heavy (non-hydrogen) atoms. The highest BCUT2D eigenvalue weighted by Crippen LogP contribution is 2.34. The lowest BCUT2D eigenvalue weighted by atomic mass is 10.1. The van der Waals surface area contributed by atoms with Crippen molar-refractivity contribution in [3.63, 3.8) is 0 Å². The second-order valence-electron chi connectivity index (χ2n) is 3.14.